The topological polar surface area (TPSA) is 67.2 Å². The zero-order chi connectivity index (χ0) is 20.3. The predicted octanol–water partition coefficient (Wildman–Crippen LogP) is 6.54. The van der Waals surface area contributed by atoms with E-state index in [-0.39, 0.29) is 12.3 Å². The summed E-state index contributed by atoms with van der Waals surface area (Å²) in [7, 11) is 0. The highest BCUT2D eigenvalue weighted by Crippen LogP contribution is 2.35. The standard InChI is InChI=1S/C20H22Cl2IN3O2/c1-11-19(22)18(15(21)10-25-11)12(2)28-13-6-7-16(14(9-13)20(23)24)26-17-5-3-4-8-27-17/h6-7,9-10,12,17,24,26H,3-5,8H2,1-2H3/t12-,17?/m1/s1. The third-order valence-electron chi connectivity index (χ3n) is 4.63. The van der Waals surface area contributed by atoms with Crippen molar-refractivity contribution in [1.82, 2.24) is 4.98 Å². The molecule has 150 valence electrons. The molecule has 2 aromatic rings. The van der Waals surface area contributed by atoms with E-state index in [0.717, 1.165) is 37.1 Å². The average Bonchev–Trinajstić information content (AvgIpc) is 2.67. The van der Waals surface area contributed by atoms with Crippen LogP contribution in [0.3, 0.4) is 0 Å². The highest BCUT2D eigenvalue weighted by Gasteiger charge is 2.20. The fourth-order valence-electron chi connectivity index (χ4n) is 3.15. The lowest BCUT2D eigenvalue weighted by Crippen LogP contribution is -2.27. The molecule has 0 bridgehead atoms. The number of ether oxygens (including phenoxy) is 2. The van der Waals surface area contributed by atoms with Crippen LogP contribution in [0.4, 0.5) is 5.69 Å². The van der Waals surface area contributed by atoms with Gasteiger partial charge in [-0.1, -0.05) is 23.2 Å². The number of anilines is 1. The first-order chi connectivity index (χ1) is 13.4. The number of aromatic nitrogens is 1. The molecule has 1 aliphatic rings. The average molecular weight is 534 g/mol. The van der Waals surface area contributed by atoms with Gasteiger partial charge in [0.1, 0.15) is 21.8 Å². The van der Waals surface area contributed by atoms with E-state index in [0.29, 0.717) is 30.8 Å². The second-order valence-electron chi connectivity index (χ2n) is 6.70. The van der Waals surface area contributed by atoms with E-state index in [1.54, 1.807) is 6.20 Å². The summed E-state index contributed by atoms with van der Waals surface area (Å²) in [6, 6.07) is 5.65. The predicted molar refractivity (Wildman–Crippen MR) is 123 cm³/mol. The van der Waals surface area contributed by atoms with E-state index >= 15 is 0 Å². The Bertz CT molecular complexity index is 873. The van der Waals surface area contributed by atoms with Crippen molar-refractivity contribution < 1.29 is 9.47 Å². The number of hydrogen-bond acceptors (Lipinski definition) is 5. The highest BCUT2D eigenvalue weighted by molar-refractivity contribution is 14.1. The summed E-state index contributed by atoms with van der Waals surface area (Å²) >= 11 is 14.7. The van der Waals surface area contributed by atoms with Gasteiger partial charge in [0.15, 0.2) is 0 Å². The van der Waals surface area contributed by atoms with Crippen LogP contribution in [0, 0.1) is 12.3 Å². The first kappa shape index (κ1) is 21.6. The van der Waals surface area contributed by atoms with Crippen LogP contribution in [-0.2, 0) is 4.74 Å². The Labute approximate surface area is 188 Å². The minimum absolute atomic E-state index is 0.0219. The van der Waals surface area contributed by atoms with Crippen molar-refractivity contribution in [1.29, 1.82) is 5.41 Å². The summed E-state index contributed by atoms with van der Waals surface area (Å²) in [4.78, 5) is 4.16. The van der Waals surface area contributed by atoms with E-state index in [4.69, 9.17) is 38.1 Å². The molecule has 1 aromatic carbocycles. The van der Waals surface area contributed by atoms with Crippen LogP contribution in [0.5, 0.6) is 5.75 Å². The molecule has 5 nitrogen and oxygen atoms in total. The molecule has 2 N–H and O–H groups in total. The van der Waals surface area contributed by atoms with Gasteiger partial charge in [-0.3, -0.25) is 10.4 Å². The molecule has 1 saturated heterocycles. The molecular weight excluding hydrogens is 512 g/mol. The van der Waals surface area contributed by atoms with Gasteiger partial charge in [0, 0.05) is 29.6 Å². The molecule has 28 heavy (non-hydrogen) atoms. The van der Waals surface area contributed by atoms with Crippen molar-refractivity contribution in [3.05, 3.63) is 51.3 Å². The SMILES string of the molecule is Cc1ncc(Cl)c([C@@H](C)Oc2ccc(NC3CCCCO3)c(C(=N)I)c2)c1Cl. The summed E-state index contributed by atoms with van der Waals surface area (Å²) in [5, 5.41) is 12.5. The largest absolute Gasteiger partial charge is 0.486 e. The van der Waals surface area contributed by atoms with E-state index in [2.05, 4.69) is 10.3 Å². The molecular formula is C20H22Cl2IN3O2. The monoisotopic (exact) mass is 533 g/mol. The Morgan fingerprint density at radius 1 is 1.39 bits per heavy atom. The van der Waals surface area contributed by atoms with Crippen LogP contribution in [0.1, 0.15) is 49.1 Å². The fourth-order valence-corrected chi connectivity index (χ4v) is 4.24. The van der Waals surface area contributed by atoms with Crippen LogP contribution in [0.2, 0.25) is 10.0 Å². The molecule has 1 aliphatic heterocycles. The van der Waals surface area contributed by atoms with Gasteiger partial charge in [-0.15, -0.1) is 0 Å². The Hall–Kier alpha value is -1.09. The van der Waals surface area contributed by atoms with Crippen molar-refractivity contribution >= 4 is 55.2 Å². The number of nitrogens with zero attached hydrogens (tertiary/aromatic N) is 1. The second-order valence-corrected chi connectivity index (χ2v) is 8.56. The lowest BCUT2D eigenvalue weighted by atomic mass is 10.1. The number of hydrogen-bond donors (Lipinski definition) is 2. The smallest absolute Gasteiger partial charge is 0.127 e. The van der Waals surface area contributed by atoms with Crippen molar-refractivity contribution in [2.24, 2.45) is 0 Å². The molecule has 8 heteroatoms. The van der Waals surface area contributed by atoms with E-state index < -0.39 is 0 Å². The second kappa shape index (κ2) is 9.61. The number of halogens is 3. The summed E-state index contributed by atoms with van der Waals surface area (Å²) in [6.07, 6.45) is 4.39. The van der Waals surface area contributed by atoms with Gasteiger partial charge >= 0.3 is 0 Å². The van der Waals surface area contributed by atoms with Crippen LogP contribution < -0.4 is 10.1 Å². The minimum atomic E-state index is -0.363. The summed E-state index contributed by atoms with van der Waals surface area (Å²) in [5.74, 6) is 0.639. The zero-order valence-corrected chi connectivity index (χ0v) is 19.4. The molecule has 2 heterocycles. The third-order valence-corrected chi connectivity index (χ3v) is 5.99. The van der Waals surface area contributed by atoms with Gasteiger partial charge in [-0.05, 0) is 73.9 Å². The van der Waals surface area contributed by atoms with Gasteiger partial charge in [0.05, 0.1) is 15.7 Å². The first-order valence-corrected chi connectivity index (χ1v) is 10.9. The summed E-state index contributed by atoms with van der Waals surface area (Å²) < 4.78 is 12.3. The molecule has 2 atom stereocenters. The lowest BCUT2D eigenvalue weighted by Gasteiger charge is -2.26. The Balaban J connectivity index is 1.82. The molecule has 0 spiro atoms. The van der Waals surface area contributed by atoms with Gasteiger partial charge in [0.25, 0.3) is 0 Å². The van der Waals surface area contributed by atoms with Crippen molar-refractivity contribution in [3.63, 3.8) is 0 Å². The number of pyridine rings is 1. The summed E-state index contributed by atoms with van der Waals surface area (Å²) in [6.45, 7) is 4.49. The Morgan fingerprint density at radius 3 is 2.86 bits per heavy atom. The highest BCUT2D eigenvalue weighted by atomic mass is 127. The Kier molecular flexibility index (Phi) is 7.42. The van der Waals surface area contributed by atoms with Crippen LogP contribution >= 0.6 is 45.8 Å². The van der Waals surface area contributed by atoms with E-state index in [1.807, 2.05) is 54.6 Å². The molecule has 0 radical (unpaired) electrons. The minimum Gasteiger partial charge on any atom is -0.486 e. The number of aryl methyl sites for hydroxylation is 1. The normalized spacial score (nSPS) is 17.8. The lowest BCUT2D eigenvalue weighted by molar-refractivity contribution is 0.0343. The van der Waals surface area contributed by atoms with Crippen LogP contribution in [-0.4, -0.2) is 21.5 Å². The molecule has 3 rings (SSSR count). The van der Waals surface area contributed by atoms with Crippen LogP contribution in [0.25, 0.3) is 0 Å². The third kappa shape index (κ3) is 5.09. The van der Waals surface area contributed by atoms with Crippen molar-refractivity contribution in [3.8, 4) is 5.75 Å². The number of rotatable bonds is 6. The molecule has 0 amide bonds. The molecule has 1 fully saturated rings. The first-order valence-electron chi connectivity index (χ1n) is 9.10. The van der Waals surface area contributed by atoms with Crippen molar-refractivity contribution in [2.45, 2.75) is 45.4 Å². The molecule has 1 aromatic heterocycles. The fraction of sp³-hybridized carbons (Fsp3) is 0.400. The maximum Gasteiger partial charge on any atom is 0.127 e. The van der Waals surface area contributed by atoms with Crippen molar-refractivity contribution in [2.75, 3.05) is 11.9 Å². The number of nitrogens with one attached hydrogen (secondary N) is 2. The van der Waals surface area contributed by atoms with Gasteiger partial charge in [-0.2, -0.15) is 0 Å². The maximum absolute atomic E-state index is 8.13. The zero-order valence-electron chi connectivity index (χ0n) is 15.7. The van der Waals surface area contributed by atoms with E-state index in [1.165, 1.54) is 0 Å². The molecule has 0 saturated carbocycles. The van der Waals surface area contributed by atoms with Gasteiger partial charge < -0.3 is 14.8 Å². The van der Waals surface area contributed by atoms with E-state index in [9.17, 15) is 0 Å². The van der Waals surface area contributed by atoms with Crippen LogP contribution in [0.15, 0.2) is 24.4 Å². The molecule has 1 unspecified atom stereocenters. The van der Waals surface area contributed by atoms with Gasteiger partial charge in [0.2, 0.25) is 0 Å². The maximum atomic E-state index is 8.13. The molecule has 0 aliphatic carbocycles. The quantitative estimate of drug-likeness (QED) is 0.327. The van der Waals surface area contributed by atoms with Gasteiger partial charge in [-0.25, -0.2) is 0 Å². The summed E-state index contributed by atoms with van der Waals surface area (Å²) in [5.41, 5.74) is 3.04. The Morgan fingerprint density at radius 2 is 2.18 bits per heavy atom. The number of benzene rings is 1.